The Kier molecular flexibility index (Phi) is 10.2. The van der Waals surface area contributed by atoms with Gasteiger partial charge in [-0.3, -0.25) is 9.59 Å². The molecule has 0 aliphatic carbocycles. The van der Waals surface area contributed by atoms with Crippen molar-refractivity contribution < 1.29 is 33.6 Å². The summed E-state index contributed by atoms with van der Waals surface area (Å²) in [5, 5.41) is 10.2. The van der Waals surface area contributed by atoms with Gasteiger partial charge in [-0.25, -0.2) is 0 Å². The maximum Gasteiger partial charge on any atom is 0.260 e. The number of hydrogen-bond acceptors (Lipinski definition) is 8. The highest BCUT2D eigenvalue weighted by Gasteiger charge is 2.19. The zero-order chi connectivity index (χ0) is 30.1. The van der Waals surface area contributed by atoms with Crippen molar-refractivity contribution in [1.29, 1.82) is 0 Å². The normalized spacial score (nSPS) is 13.9. The number of benzene rings is 3. The number of carbonyl (C=O) groups excluding carboxylic acids is 2. The average molecular weight is 573 g/mol. The van der Waals surface area contributed by atoms with E-state index in [4.69, 9.17) is 18.9 Å². The van der Waals surface area contributed by atoms with E-state index in [0.29, 0.717) is 41.7 Å². The molecule has 0 bridgehead atoms. The lowest BCUT2D eigenvalue weighted by molar-refractivity contribution is -0.134. The van der Waals surface area contributed by atoms with E-state index in [1.807, 2.05) is 54.4 Å². The van der Waals surface area contributed by atoms with Gasteiger partial charge in [-0.1, -0.05) is 24.3 Å². The molecule has 1 N–H and O–H groups in total. The van der Waals surface area contributed by atoms with Gasteiger partial charge in [-0.15, -0.1) is 0 Å². The Labute approximate surface area is 246 Å². The molecule has 1 aliphatic heterocycles. The van der Waals surface area contributed by atoms with Crippen LogP contribution < -0.4 is 18.9 Å². The fourth-order valence-electron chi connectivity index (χ4n) is 4.47. The van der Waals surface area contributed by atoms with Gasteiger partial charge in [0.1, 0.15) is 28.7 Å². The molecule has 0 radical (unpaired) electrons. The van der Waals surface area contributed by atoms with Crippen molar-refractivity contribution in [1.82, 2.24) is 9.80 Å². The highest BCUT2D eigenvalue weighted by atomic mass is 16.5. The molecule has 0 unspecified atom stereocenters. The SMILES string of the molecule is COc1cc(/C=C/c2ccc(OCC(=O)N3CCN(C)CC3)cc2)c(C=CC(=O)c2cc(OC)ccc2O)c(OC)c1. The van der Waals surface area contributed by atoms with Crippen LogP contribution in [-0.2, 0) is 4.79 Å². The van der Waals surface area contributed by atoms with Crippen molar-refractivity contribution in [2.24, 2.45) is 0 Å². The predicted molar refractivity (Wildman–Crippen MR) is 163 cm³/mol. The van der Waals surface area contributed by atoms with Gasteiger partial charge in [0.2, 0.25) is 0 Å². The molecule has 1 amide bonds. The minimum atomic E-state index is -0.388. The van der Waals surface area contributed by atoms with E-state index in [0.717, 1.165) is 24.2 Å². The summed E-state index contributed by atoms with van der Waals surface area (Å²) in [4.78, 5) is 29.4. The molecular formula is C33H36N2O7. The van der Waals surface area contributed by atoms with Crippen molar-refractivity contribution >= 4 is 29.9 Å². The second-order valence-electron chi connectivity index (χ2n) is 9.79. The van der Waals surface area contributed by atoms with Gasteiger partial charge in [-0.05, 0) is 66.7 Å². The number of phenolic OH excluding ortho intramolecular Hbond substituents is 1. The minimum absolute atomic E-state index is 0.00442. The molecule has 3 aromatic carbocycles. The summed E-state index contributed by atoms with van der Waals surface area (Å²) >= 11 is 0. The Balaban J connectivity index is 1.49. The number of allylic oxidation sites excluding steroid dienone is 1. The fraction of sp³-hybridized carbons (Fsp3) is 0.273. The van der Waals surface area contributed by atoms with E-state index in [1.54, 1.807) is 32.4 Å². The van der Waals surface area contributed by atoms with Crippen LogP contribution in [0.1, 0.15) is 27.0 Å². The molecule has 4 rings (SSSR count). The number of piperazine rings is 1. The Hall–Kier alpha value is -4.76. The van der Waals surface area contributed by atoms with Crippen LogP contribution >= 0.6 is 0 Å². The van der Waals surface area contributed by atoms with E-state index < -0.39 is 0 Å². The lowest BCUT2D eigenvalue weighted by atomic mass is 10.0. The summed E-state index contributed by atoms with van der Waals surface area (Å²) in [5.74, 6) is 1.65. The lowest BCUT2D eigenvalue weighted by Gasteiger charge is -2.32. The van der Waals surface area contributed by atoms with Gasteiger partial charge in [0, 0.05) is 37.8 Å². The third-order valence-corrected chi connectivity index (χ3v) is 7.03. The van der Waals surface area contributed by atoms with Crippen molar-refractivity contribution in [2.75, 3.05) is 61.2 Å². The van der Waals surface area contributed by atoms with Gasteiger partial charge in [-0.2, -0.15) is 0 Å². The highest BCUT2D eigenvalue weighted by Crippen LogP contribution is 2.32. The molecule has 42 heavy (non-hydrogen) atoms. The second kappa shape index (κ2) is 14.2. The second-order valence-corrected chi connectivity index (χ2v) is 9.79. The van der Waals surface area contributed by atoms with Crippen LogP contribution in [0.25, 0.3) is 18.2 Å². The highest BCUT2D eigenvalue weighted by molar-refractivity contribution is 6.09. The maximum absolute atomic E-state index is 12.9. The molecule has 9 heteroatoms. The first kappa shape index (κ1) is 30.2. The van der Waals surface area contributed by atoms with E-state index >= 15 is 0 Å². The number of rotatable bonds is 11. The predicted octanol–water partition coefficient (Wildman–Crippen LogP) is 4.64. The van der Waals surface area contributed by atoms with Gasteiger partial charge >= 0.3 is 0 Å². The summed E-state index contributed by atoms with van der Waals surface area (Å²) in [6.45, 7) is 3.17. The van der Waals surface area contributed by atoms with Gasteiger partial charge < -0.3 is 33.9 Å². The van der Waals surface area contributed by atoms with Crippen LogP contribution in [0.2, 0.25) is 0 Å². The number of aromatic hydroxyl groups is 1. The Morgan fingerprint density at radius 1 is 0.810 bits per heavy atom. The summed E-state index contributed by atoms with van der Waals surface area (Å²) in [6.07, 6.45) is 6.84. The van der Waals surface area contributed by atoms with Gasteiger partial charge in [0.05, 0.1) is 26.9 Å². The fourth-order valence-corrected chi connectivity index (χ4v) is 4.47. The number of nitrogens with zero attached hydrogens (tertiary/aromatic N) is 2. The zero-order valence-electron chi connectivity index (χ0n) is 24.3. The molecule has 3 aromatic rings. The van der Waals surface area contributed by atoms with Crippen LogP contribution in [-0.4, -0.2) is 87.8 Å². The van der Waals surface area contributed by atoms with Crippen LogP contribution in [0.5, 0.6) is 28.7 Å². The third-order valence-electron chi connectivity index (χ3n) is 7.03. The molecule has 1 saturated heterocycles. The summed E-state index contributed by atoms with van der Waals surface area (Å²) in [6, 6.07) is 15.5. The lowest BCUT2D eigenvalue weighted by Crippen LogP contribution is -2.48. The molecule has 0 atom stereocenters. The monoisotopic (exact) mass is 572 g/mol. The number of phenols is 1. The Morgan fingerprint density at radius 2 is 1.50 bits per heavy atom. The van der Waals surface area contributed by atoms with Crippen molar-refractivity contribution in [3.63, 3.8) is 0 Å². The number of likely N-dealkylation sites (N-methyl/N-ethyl adjacent to an activating group) is 1. The first-order valence-electron chi connectivity index (χ1n) is 13.5. The van der Waals surface area contributed by atoms with E-state index in [2.05, 4.69) is 4.90 Å². The van der Waals surface area contributed by atoms with Crippen LogP contribution in [0, 0.1) is 0 Å². The molecule has 9 nitrogen and oxygen atoms in total. The maximum atomic E-state index is 12.9. The van der Waals surface area contributed by atoms with E-state index in [9.17, 15) is 14.7 Å². The molecular weight excluding hydrogens is 536 g/mol. The number of carbonyl (C=O) groups is 2. The number of ketones is 1. The third kappa shape index (κ3) is 7.70. The average Bonchev–Trinajstić information content (AvgIpc) is 3.02. The number of ether oxygens (including phenoxy) is 4. The molecule has 220 valence electrons. The topological polar surface area (TPSA) is 97.8 Å². The Bertz CT molecular complexity index is 1460. The standard InChI is InChI=1S/C33H36N2O7/c1-34-15-17-35(18-16-34)33(38)22-42-25-9-6-23(7-10-25)5-8-24-19-27(40-3)21-32(41-4)28(24)12-14-31(37)29-20-26(39-2)11-13-30(29)36/h5-14,19-21,36H,15-18,22H2,1-4H3/b8-5+,14-12?. The molecule has 0 saturated carbocycles. The van der Waals surface area contributed by atoms with E-state index in [-0.39, 0.29) is 29.6 Å². The largest absolute Gasteiger partial charge is 0.507 e. The van der Waals surface area contributed by atoms with Gasteiger partial charge in [0.25, 0.3) is 5.91 Å². The molecule has 0 spiro atoms. The minimum Gasteiger partial charge on any atom is -0.507 e. The van der Waals surface area contributed by atoms with Crippen LogP contribution in [0.3, 0.4) is 0 Å². The molecule has 1 aliphatic rings. The van der Waals surface area contributed by atoms with Crippen LogP contribution in [0.4, 0.5) is 0 Å². The number of amides is 1. The molecule has 1 heterocycles. The molecule has 1 fully saturated rings. The number of hydrogen-bond donors (Lipinski definition) is 1. The smallest absolute Gasteiger partial charge is 0.260 e. The summed E-state index contributed by atoms with van der Waals surface area (Å²) < 4.78 is 22.0. The van der Waals surface area contributed by atoms with Crippen molar-refractivity contribution in [2.45, 2.75) is 0 Å². The quantitative estimate of drug-likeness (QED) is 0.202. The zero-order valence-corrected chi connectivity index (χ0v) is 24.3. The number of methoxy groups -OCH3 is 3. The van der Waals surface area contributed by atoms with E-state index in [1.165, 1.54) is 25.3 Å². The van der Waals surface area contributed by atoms with Gasteiger partial charge in [0.15, 0.2) is 12.4 Å². The van der Waals surface area contributed by atoms with Crippen molar-refractivity contribution in [3.8, 4) is 28.7 Å². The van der Waals surface area contributed by atoms with Crippen molar-refractivity contribution in [3.05, 3.63) is 82.9 Å². The Morgan fingerprint density at radius 3 is 2.17 bits per heavy atom. The molecule has 0 aromatic heterocycles. The first-order valence-corrected chi connectivity index (χ1v) is 13.5. The first-order chi connectivity index (χ1) is 20.3. The summed E-state index contributed by atoms with van der Waals surface area (Å²) in [5.41, 5.74) is 2.44. The van der Waals surface area contributed by atoms with Crippen LogP contribution in [0.15, 0.2) is 60.7 Å². The summed E-state index contributed by atoms with van der Waals surface area (Å²) in [7, 11) is 6.66.